The highest BCUT2D eigenvalue weighted by molar-refractivity contribution is 6.29. The SMILES string of the molecule is CC(C)(C)OC(=O)Nc1cc(C=O)cc(Cl)n1. The van der Waals surface area contributed by atoms with Crippen molar-refractivity contribution in [3.63, 3.8) is 0 Å². The molecule has 0 saturated heterocycles. The fraction of sp³-hybridized carbons (Fsp3) is 0.364. The van der Waals surface area contributed by atoms with Crippen LogP contribution in [0.3, 0.4) is 0 Å². The van der Waals surface area contributed by atoms with Crippen LogP contribution in [0.1, 0.15) is 31.1 Å². The molecular formula is C11H13ClN2O3. The molecular weight excluding hydrogens is 244 g/mol. The first-order valence-corrected chi connectivity index (χ1v) is 5.31. The molecule has 92 valence electrons. The van der Waals surface area contributed by atoms with Gasteiger partial charge in [-0.05, 0) is 32.9 Å². The van der Waals surface area contributed by atoms with Crippen LogP contribution in [0, 0.1) is 0 Å². The van der Waals surface area contributed by atoms with Crippen molar-refractivity contribution in [2.45, 2.75) is 26.4 Å². The Labute approximate surface area is 104 Å². The van der Waals surface area contributed by atoms with E-state index in [9.17, 15) is 9.59 Å². The predicted octanol–water partition coefficient (Wildman–Crippen LogP) is 2.89. The van der Waals surface area contributed by atoms with Gasteiger partial charge in [-0.1, -0.05) is 11.6 Å². The number of rotatable bonds is 2. The normalized spacial score (nSPS) is 10.8. The second-order valence-electron chi connectivity index (χ2n) is 4.35. The van der Waals surface area contributed by atoms with E-state index in [0.29, 0.717) is 11.8 Å². The molecule has 0 aliphatic heterocycles. The standard InChI is InChI=1S/C11H13ClN2O3/c1-11(2,3)17-10(16)14-9-5-7(6-15)4-8(12)13-9/h4-6H,1-3H3,(H,13,14,16). The van der Waals surface area contributed by atoms with Crippen molar-refractivity contribution in [1.82, 2.24) is 4.98 Å². The number of halogens is 1. The third kappa shape index (κ3) is 4.82. The van der Waals surface area contributed by atoms with Crippen LogP contribution in [0.4, 0.5) is 10.6 Å². The number of nitrogens with one attached hydrogen (secondary N) is 1. The number of carbonyl (C=O) groups excluding carboxylic acids is 2. The maximum Gasteiger partial charge on any atom is 0.413 e. The molecule has 1 amide bonds. The van der Waals surface area contributed by atoms with Gasteiger partial charge in [-0.15, -0.1) is 0 Å². The third-order valence-electron chi connectivity index (χ3n) is 1.58. The first-order valence-electron chi connectivity index (χ1n) is 4.93. The smallest absolute Gasteiger partial charge is 0.413 e. The van der Waals surface area contributed by atoms with Crippen molar-refractivity contribution in [3.05, 3.63) is 22.8 Å². The summed E-state index contributed by atoms with van der Waals surface area (Å²) >= 11 is 5.68. The van der Waals surface area contributed by atoms with E-state index in [1.807, 2.05) is 0 Å². The van der Waals surface area contributed by atoms with Crippen LogP contribution in [0.25, 0.3) is 0 Å². The number of anilines is 1. The summed E-state index contributed by atoms with van der Waals surface area (Å²) in [6.07, 6.45) is -0.0301. The maximum atomic E-state index is 11.4. The van der Waals surface area contributed by atoms with Gasteiger partial charge in [0.05, 0.1) is 0 Å². The van der Waals surface area contributed by atoms with Crippen molar-refractivity contribution < 1.29 is 14.3 Å². The number of aromatic nitrogens is 1. The first kappa shape index (κ1) is 13.4. The van der Waals surface area contributed by atoms with Gasteiger partial charge in [0.25, 0.3) is 0 Å². The molecule has 5 nitrogen and oxygen atoms in total. The van der Waals surface area contributed by atoms with E-state index < -0.39 is 11.7 Å². The molecule has 0 fully saturated rings. The third-order valence-corrected chi connectivity index (χ3v) is 1.78. The van der Waals surface area contributed by atoms with Gasteiger partial charge in [0.15, 0.2) is 0 Å². The van der Waals surface area contributed by atoms with Gasteiger partial charge in [-0.25, -0.2) is 9.78 Å². The Morgan fingerprint density at radius 2 is 2.12 bits per heavy atom. The van der Waals surface area contributed by atoms with Gasteiger partial charge in [0.1, 0.15) is 22.9 Å². The molecule has 0 saturated carbocycles. The summed E-state index contributed by atoms with van der Waals surface area (Å²) in [5.41, 5.74) is -0.271. The number of nitrogens with zero attached hydrogens (tertiary/aromatic N) is 1. The lowest BCUT2D eigenvalue weighted by atomic mass is 10.2. The minimum absolute atomic E-state index is 0.126. The van der Waals surface area contributed by atoms with Gasteiger partial charge >= 0.3 is 6.09 Å². The number of aldehydes is 1. The molecule has 1 aromatic heterocycles. The van der Waals surface area contributed by atoms with E-state index in [4.69, 9.17) is 16.3 Å². The second kappa shape index (κ2) is 5.14. The average Bonchev–Trinajstić information content (AvgIpc) is 2.13. The van der Waals surface area contributed by atoms with E-state index in [1.54, 1.807) is 20.8 Å². The molecule has 1 aromatic rings. The summed E-state index contributed by atoms with van der Waals surface area (Å²) in [6, 6.07) is 2.80. The van der Waals surface area contributed by atoms with Crippen molar-refractivity contribution >= 4 is 29.8 Å². The molecule has 6 heteroatoms. The minimum Gasteiger partial charge on any atom is -0.444 e. The molecule has 0 aliphatic rings. The fourth-order valence-corrected chi connectivity index (χ4v) is 1.27. The summed E-state index contributed by atoms with van der Waals surface area (Å²) in [4.78, 5) is 25.9. The molecule has 0 unspecified atom stereocenters. The minimum atomic E-state index is -0.649. The Bertz CT molecular complexity index is 441. The Kier molecular flexibility index (Phi) is 4.07. The number of amides is 1. The zero-order valence-corrected chi connectivity index (χ0v) is 10.5. The number of hydrogen-bond donors (Lipinski definition) is 1. The van der Waals surface area contributed by atoms with Crippen molar-refractivity contribution in [1.29, 1.82) is 0 Å². The van der Waals surface area contributed by atoms with E-state index in [2.05, 4.69) is 10.3 Å². The molecule has 1 N–H and O–H groups in total. The number of hydrogen-bond acceptors (Lipinski definition) is 4. The molecule has 0 radical (unpaired) electrons. The summed E-state index contributed by atoms with van der Waals surface area (Å²) in [7, 11) is 0. The van der Waals surface area contributed by atoms with Crippen LogP contribution < -0.4 is 5.32 Å². The van der Waals surface area contributed by atoms with Crippen LogP contribution in [0.15, 0.2) is 12.1 Å². The topological polar surface area (TPSA) is 68.3 Å². The van der Waals surface area contributed by atoms with Gasteiger partial charge in [-0.3, -0.25) is 10.1 Å². The summed E-state index contributed by atoms with van der Waals surface area (Å²) in [5.74, 6) is 0.175. The molecule has 0 aliphatic carbocycles. The van der Waals surface area contributed by atoms with E-state index in [0.717, 1.165) is 0 Å². The Morgan fingerprint density at radius 3 is 2.65 bits per heavy atom. The van der Waals surface area contributed by atoms with Crippen molar-refractivity contribution in [2.24, 2.45) is 0 Å². The molecule has 0 bridgehead atoms. The van der Waals surface area contributed by atoms with E-state index in [1.165, 1.54) is 12.1 Å². The lowest BCUT2D eigenvalue weighted by Gasteiger charge is -2.19. The Morgan fingerprint density at radius 1 is 1.47 bits per heavy atom. The molecule has 0 spiro atoms. The van der Waals surface area contributed by atoms with Gasteiger partial charge < -0.3 is 4.74 Å². The van der Waals surface area contributed by atoms with Crippen LogP contribution in [0.2, 0.25) is 5.15 Å². The first-order chi connectivity index (χ1) is 7.80. The average molecular weight is 257 g/mol. The fourth-order valence-electron chi connectivity index (χ4n) is 1.06. The van der Waals surface area contributed by atoms with Crippen LogP contribution in [-0.4, -0.2) is 23.0 Å². The number of ether oxygens (including phenoxy) is 1. The van der Waals surface area contributed by atoms with Crippen LogP contribution in [-0.2, 0) is 4.74 Å². The second-order valence-corrected chi connectivity index (χ2v) is 4.74. The Hall–Kier alpha value is -1.62. The van der Waals surface area contributed by atoms with Gasteiger partial charge in [0.2, 0.25) is 0 Å². The molecule has 1 rings (SSSR count). The zero-order valence-electron chi connectivity index (χ0n) is 9.78. The van der Waals surface area contributed by atoms with Gasteiger partial charge in [-0.2, -0.15) is 0 Å². The van der Waals surface area contributed by atoms with E-state index in [-0.39, 0.29) is 11.0 Å². The highest BCUT2D eigenvalue weighted by Gasteiger charge is 2.16. The quantitative estimate of drug-likeness (QED) is 0.653. The van der Waals surface area contributed by atoms with Crippen molar-refractivity contribution in [3.8, 4) is 0 Å². The highest BCUT2D eigenvalue weighted by Crippen LogP contribution is 2.14. The molecule has 1 heterocycles. The summed E-state index contributed by atoms with van der Waals surface area (Å²) < 4.78 is 5.03. The lowest BCUT2D eigenvalue weighted by molar-refractivity contribution is 0.0635. The monoisotopic (exact) mass is 256 g/mol. The lowest BCUT2D eigenvalue weighted by Crippen LogP contribution is -2.27. The molecule has 0 atom stereocenters. The molecule has 0 aromatic carbocycles. The van der Waals surface area contributed by atoms with Gasteiger partial charge in [0, 0.05) is 5.56 Å². The van der Waals surface area contributed by atoms with Crippen LogP contribution >= 0.6 is 11.6 Å². The van der Waals surface area contributed by atoms with Crippen LogP contribution in [0.5, 0.6) is 0 Å². The predicted molar refractivity (Wildman–Crippen MR) is 64.5 cm³/mol. The largest absolute Gasteiger partial charge is 0.444 e. The number of pyridine rings is 1. The zero-order chi connectivity index (χ0) is 13.1. The molecule has 17 heavy (non-hydrogen) atoms. The summed E-state index contributed by atoms with van der Waals surface area (Å²) in [6.45, 7) is 5.23. The van der Waals surface area contributed by atoms with E-state index >= 15 is 0 Å². The number of carbonyl (C=O) groups is 2. The Balaban J connectivity index is 2.78. The van der Waals surface area contributed by atoms with Crippen molar-refractivity contribution in [2.75, 3.05) is 5.32 Å². The summed E-state index contributed by atoms with van der Waals surface area (Å²) in [5, 5.41) is 2.52. The maximum absolute atomic E-state index is 11.4. The highest BCUT2D eigenvalue weighted by atomic mass is 35.5.